The standard InChI is InChI=1S/C12H23N3O4/c1-8(2)15-4-3-9(6-15)5-13-12(19)14-10(7-16)11(17)18/h8-10,16H,3-7H2,1-2H3,(H,17,18)(H2,13,14,19)/t9?,10-/m1/s1. The molecule has 0 spiro atoms. The number of carboxylic acid groups (broad SMARTS) is 1. The maximum atomic E-state index is 11.5. The summed E-state index contributed by atoms with van der Waals surface area (Å²) in [4.78, 5) is 24.5. The topological polar surface area (TPSA) is 102 Å². The third kappa shape index (κ3) is 5.04. The molecule has 0 aliphatic carbocycles. The fourth-order valence-electron chi connectivity index (χ4n) is 2.13. The first-order chi connectivity index (χ1) is 8.93. The molecular weight excluding hydrogens is 250 g/mol. The molecule has 7 nitrogen and oxygen atoms in total. The largest absolute Gasteiger partial charge is 0.480 e. The summed E-state index contributed by atoms with van der Waals surface area (Å²) in [6.45, 7) is 6.16. The minimum Gasteiger partial charge on any atom is -0.480 e. The molecule has 0 saturated carbocycles. The van der Waals surface area contributed by atoms with Gasteiger partial charge in [-0.3, -0.25) is 0 Å². The van der Waals surface area contributed by atoms with Crippen LogP contribution in [-0.2, 0) is 4.79 Å². The second kappa shape index (κ2) is 7.30. The van der Waals surface area contributed by atoms with Crippen LogP contribution in [0, 0.1) is 5.92 Å². The molecule has 1 aliphatic heterocycles. The van der Waals surface area contributed by atoms with Crippen LogP contribution in [0.1, 0.15) is 20.3 Å². The molecule has 1 heterocycles. The summed E-state index contributed by atoms with van der Waals surface area (Å²) in [5.41, 5.74) is 0. The molecule has 110 valence electrons. The molecule has 4 N–H and O–H groups in total. The Hall–Kier alpha value is -1.34. The molecule has 0 bridgehead atoms. The number of rotatable bonds is 6. The van der Waals surface area contributed by atoms with Crippen molar-refractivity contribution in [1.29, 1.82) is 0 Å². The van der Waals surface area contributed by atoms with Gasteiger partial charge in [-0.05, 0) is 32.7 Å². The molecule has 19 heavy (non-hydrogen) atoms. The van der Waals surface area contributed by atoms with Crippen molar-refractivity contribution >= 4 is 12.0 Å². The summed E-state index contributed by atoms with van der Waals surface area (Å²) in [5.74, 6) is -0.852. The summed E-state index contributed by atoms with van der Waals surface area (Å²) < 4.78 is 0. The SMILES string of the molecule is CC(C)N1CCC(CNC(=O)N[C@H](CO)C(=O)O)C1. The van der Waals surface area contributed by atoms with E-state index < -0.39 is 24.6 Å². The summed E-state index contributed by atoms with van der Waals surface area (Å²) in [5, 5.41) is 22.3. The Morgan fingerprint density at radius 3 is 2.58 bits per heavy atom. The highest BCUT2D eigenvalue weighted by atomic mass is 16.4. The number of carbonyl (C=O) groups excluding carboxylic acids is 1. The van der Waals surface area contributed by atoms with Crippen molar-refractivity contribution in [2.75, 3.05) is 26.2 Å². The maximum Gasteiger partial charge on any atom is 0.328 e. The lowest BCUT2D eigenvalue weighted by Crippen LogP contribution is -2.48. The van der Waals surface area contributed by atoms with Crippen LogP contribution in [0.5, 0.6) is 0 Å². The van der Waals surface area contributed by atoms with E-state index in [1.165, 1.54) is 0 Å². The maximum absolute atomic E-state index is 11.5. The smallest absolute Gasteiger partial charge is 0.328 e. The Bertz CT molecular complexity index is 322. The molecule has 1 unspecified atom stereocenters. The van der Waals surface area contributed by atoms with E-state index in [-0.39, 0.29) is 0 Å². The van der Waals surface area contributed by atoms with Gasteiger partial charge in [0.1, 0.15) is 0 Å². The number of aliphatic hydroxyl groups excluding tert-OH is 1. The zero-order valence-corrected chi connectivity index (χ0v) is 11.4. The zero-order valence-electron chi connectivity index (χ0n) is 11.4. The van der Waals surface area contributed by atoms with Crippen LogP contribution < -0.4 is 10.6 Å². The Kier molecular flexibility index (Phi) is 6.04. The summed E-state index contributed by atoms with van der Waals surface area (Å²) in [7, 11) is 0. The lowest BCUT2D eigenvalue weighted by atomic mass is 10.1. The lowest BCUT2D eigenvalue weighted by molar-refractivity contribution is -0.140. The van der Waals surface area contributed by atoms with Gasteiger partial charge >= 0.3 is 12.0 Å². The van der Waals surface area contributed by atoms with Gasteiger partial charge in [0.05, 0.1) is 6.61 Å². The van der Waals surface area contributed by atoms with Crippen molar-refractivity contribution in [3.8, 4) is 0 Å². The van der Waals surface area contributed by atoms with Crippen molar-refractivity contribution in [2.45, 2.75) is 32.4 Å². The molecule has 0 aromatic rings. The van der Waals surface area contributed by atoms with Crippen LogP contribution in [0.25, 0.3) is 0 Å². The molecule has 1 saturated heterocycles. The van der Waals surface area contributed by atoms with Gasteiger partial charge in [0.15, 0.2) is 6.04 Å². The van der Waals surface area contributed by atoms with Gasteiger partial charge in [0, 0.05) is 19.1 Å². The number of carboxylic acids is 1. The molecule has 7 heteroatoms. The molecule has 0 aromatic heterocycles. The average Bonchev–Trinajstić information content (AvgIpc) is 2.82. The van der Waals surface area contributed by atoms with Crippen molar-refractivity contribution < 1.29 is 19.8 Å². The number of amides is 2. The molecule has 2 atom stereocenters. The molecule has 0 radical (unpaired) electrons. The number of urea groups is 1. The van der Waals surface area contributed by atoms with Crippen molar-refractivity contribution in [3.63, 3.8) is 0 Å². The third-order valence-electron chi connectivity index (χ3n) is 3.38. The second-order valence-corrected chi connectivity index (χ2v) is 5.17. The van der Waals surface area contributed by atoms with E-state index in [1.807, 2.05) is 0 Å². The van der Waals surface area contributed by atoms with Gasteiger partial charge in [-0.15, -0.1) is 0 Å². The van der Waals surface area contributed by atoms with Gasteiger partial charge in [0.25, 0.3) is 0 Å². The number of likely N-dealkylation sites (tertiary alicyclic amines) is 1. The molecule has 1 aliphatic rings. The zero-order chi connectivity index (χ0) is 14.4. The summed E-state index contributed by atoms with van der Waals surface area (Å²) >= 11 is 0. The summed E-state index contributed by atoms with van der Waals surface area (Å²) in [6, 6.07) is -1.30. The Morgan fingerprint density at radius 1 is 1.42 bits per heavy atom. The normalized spacial score (nSPS) is 21.4. The van der Waals surface area contributed by atoms with Gasteiger partial charge < -0.3 is 25.7 Å². The summed E-state index contributed by atoms with van der Waals surface area (Å²) in [6.07, 6.45) is 1.03. The van der Waals surface area contributed by atoms with E-state index in [0.29, 0.717) is 18.5 Å². The highest BCUT2D eigenvalue weighted by Crippen LogP contribution is 2.17. The monoisotopic (exact) mass is 273 g/mol. The number of aliphatic carboxylic acids is 1. The number of aliphatic hydroxyl groups is 1. The highest BCUT2D eigenvalue weighted by Gasteiger charge is 2.25. The first kappa shape index (κ1) is 15.7. The first-order valence-electron chi connectivity index (χ1n) is 6.56. The molecule has 0 aromatic carbocycles. The van der Waals surface area contributed by atoms with Crippen LogP contribution in [0.4, 0.5) is 4.79 Å². The Balaban J connectivity index is 2.26. The van der Waals surface area contributed by atoms with E-state index in [2.05, 4.69) is 29.4 Å². The van der Waals surface area contributed by atoms with Gasteiger partial charge in [-0.2, -0.15) is 0 Å². The van der Waals surface area contributed by atoms with Crippen molar-refractivity contribution in [2.24, 2.45) is 5.92 Å². The van der Waals surface area contributed by atoms with Crippen molar-refractivity contribution in [3.05, 3.63) is 0 Å². The first-order valence-corrected chi connectivity index (χ1v) is 6.56. The number of nitrogens with zero attached hydrogens (tertiary/aromatic N) is 1. The fraction of sp³-hybridized carbons (Fsp3) is 0.833. The van der Waals surface area contributed by atoms with Gasteiger partial charge in [-0.25, -0.2) is 9.59 Å². The van der Waals surface area contributed by atoms with Crippen LogP contribution in [0.3, 0.4) is 0 Å². The van der Waals surface area contributed by atoms with Crippen LogP contribution >= 0.6 is 0 Å². The van der Waals surface area contributed by atoms with Crippen molar-refractivity contribution in [1.82, 2.24) is 15.5 Å². The molecule has 2 amide bonds. The van der Waals surface area contributed by atoms with E-state index in [4.69, 9.17) is 10.2 Å². The van der Waals surface area contributed by atoms with Gasteiger partial charge in [0.2, 0.25) is 0 Å². The van der Waals surface area contributed by atoms with E-state index in [9.17, 15) is 9.59 Å². The molecule has 1 fully saturated rings. The van der Waals surface area contributed by atoms with E-state index in [1.54, 1.807) is 0 Å². The number of carbonyl (C=O) groups is 2. The van der Waals surface area contributed by atoms with Crippen LogP contribution in [0.15, 0.2) is 0 Å². The quantitative estimate of drug-likeness (QED) is 0.521. The fourth-order valence-corrected chi connectivity index (χ4v) is 2.13. The predicted molar refractivity (Wildman–Crippen MR) is 69.9 cm³/mol. The van der Waals surface area contributed by atoms with E-state index >= 15 is 0 Å². The second-order valence-electron chi connectivity index (χ2n) is 5.17. The highest BCUT2D eigenvalue weighted by molar-refractivity contribution is 5.82. The number of hydrogen-bond donors (Lipinski definition) is 4. The van der Waals surface area contributed by atoms with Crippen LogP contribution in [0.2, 0.25) is 0 Å². The molecule has 1 rings (SSSR count). The minimum absolute atomic E-state index is 0.394. The lowest BCUT2D eigenvalue weighted by Gasteiger charge is -2.20. The Morgan fingerprint density at radius 2 is 2.11 bits per heavy atom. The number of nitrogens with one attached hydrogen (secondary N) is 2. The third-order valence-corrected chi connectivity index (χ3v) is 3.38. The Labute approximate surface area is 113 Å². The van der Waals surface area contributed by atoms with Gasteiger partial charge in [-0.1, -0.05) is 0 Å². The minimum atomic E-state index is -1.25. The predicted octanol–water partition coefficient (Wildman–Crippen LogP) is -0.539. The van der Waals surface area contributed by atoms with Crippen LogP contribution in [-0.4, -0.2) is 65.4 Å². The molecular formula is C12H23N3O4. The average molecular weight is 273 g/mol. The number of hydrogen-bond acceptors (Lipinski definition) is 4. The van der Waals surface area contributed by atoms with E-state index in [0.717, 1.165) is 19.5 Å².